The summed E-state index contributed by atoms with van der Waals surface area (Å²) >= 11 is 0. The molecule has 0 aromatic heterocycles. The van der Waals surface area contributed by atoms with Gasteiger partial charge in [0.25, 0.3) is 0 Å². The zero-order valence-electron chi connectivity index (χ0n) is 6.68. The zero-order valence-corrected chi connectivity index (χ0v) is 6.68. The van der Waals surface area contributed by atoms with Crippen LogP contribution in [0.2, 0.25) is 0 Å². The predicted molar refractivity (Wildman–Crippen MR) is 42.0 cm³/mol. The van der Waals surface area contributed by atoms with E-state index in [-0.39, 0.29) is 12.2 Å². The first-order valence-electron chi connectivity index (χ1n) is 3.24. The van der Waals surface area contributed by atoms with Gasteiger partial charge in [0, 0.05) is 6.42 Å². The monoisotopic (exact) mass is 153 g/mol. The Balaban J connectivity index is 4.63. The van der Waals surface area contributed by atoms with Gasteiger partial charge in [-0.3, -0.25) is 10.1 Å². The number of Topliss-reactive ketones (excluding diaryl/α,β-unsaturated/α-hetero) is 1. The minimum atomic E-state index is -1.10. The van der Waals surface area contributed by atoms with Crippen LogP contribution in [0.3, 0.4) is 0 Å². The number of likely N-dealkylation sites (N-methyl/N-ethyl adjacent to an activating group) is 1. The van der Waals surface area contributed by atoms with Crippen LogP contribution in [0.15, 0.2) is 0 Å². The Morgan fingerprint density at radius 2 is 2.36 bits per heavy atom. The van der Waals surface area contributed by atoms with Crippen molar-refractivity contribution in [3.8, 4) is 12.3 Å². The van der Waals surface area contributed by atoms with Crippen molar-refractivity contribution in [1.82, 2.24) is 5.32 Å². The van der Waals surface area contributed by atoms with Gasteiger partial charge in [0.15, 0.2) is 5.78 Å². The predicted octanol–water partition coefficient (Wildman–Crippen LogP) is -0.244. The summed E-state index contributed by atoms with van der Waals surface area (Å²) in [5.41, 5.74) is -1.10. The molecule has 0 amide bonds. The van der Waals surface area contributed by atoms with Gasteiger partial charge in [-0.05, 0) is 14.0 Å². The minimum Gasteiger partial charge on any atom is -0.303 e. The van der Waals surface area contributed by atoms with Gasteiger partial charge in [-0.25, -0.2) is 0 Å². The van der Waals surface area contributed by atoms with E-state index in [1.165, 1.54) is 6.92 Å². The van der Waals surface area contributed by atoms with E-state index in [9.17, 15) is 9.59 Å². The standard InChI is InChI=1S/C8H11NO2/c1-4-8(9-3,5-6-10)7(2)11/h1,6,9H,5H2,2-3H3. The molecule has 60 valence electrons. The number of rotatable bonds is 4. The molecule has 0 radical (unpaired) electrons. The molecule has 0 saturated heterocycles. The molecule has 0 aromatic rings. The van der Waals surface area contributed by atoms with Crippen LogP contribution in [-0.2, 0) is 9.59 Å². The molecule has 0 aromatic carbocycles. The molecule has 3 nitrogen and oxygen atoms in total. The molecular weight excluding hydrogens is 142 g/mol. The summed E-state index contributed by atoms with van der Waals surface area (Å²) < 4.78 is 0. The Kier molecular flexibility index (Phi) is 3.49. The fraction of sp³-hybridized carbons (Fsp3) is 0.500. The van der Waals surface area contributed by atoms with E-state index in [4.69, 9.17) is 6.42 Å². The van der Waals surface area contributed by atoms with Crippen LogP contribution in [0.5, 0.6) is 0 Å². The number of hydrogen-bond acceptors (Lipinski definition) is 3. The number of terminal acetylenes is 1. The summed E-state index contributed by atoms with van der Waals surface area (Å²) in [7, 11) is 1.56. The van der Waals surface area contributed by atoms with Gasteiger partial charge in [0.05, 0.1) is 0 Å². The Bertz CT molecular complexity index is 205. The molecule has 0 bridgehead atoms. The van der Waals surface area contributed by atoms with Crippen LogP contribution in [0, 0.1) is 12.3 Å². The Hall–Kier alpha value is -1.14. The summed E-state index contributed by atoms with van der Waals surface area (Å²) in [6.07, 6.45) is 5.77. The molecule has 0 fully saturated rings. The Morgan fingerprint density at radius 1 is 1.82 bits per heavy atom. The maximum atomic E-state index is 11.0. The quantitative estimate of drug-likeness (QED) is 0.447. The largest absolute Gasteiger partial charge is 0.303 e. The van der Waals surface area contributed by atoms with Gasteiger partial charge in [0.1, 0.15) is 11.8 Å². The second-order valence-electron chi connectivity index (χ2n) is 2.23. The Labute approximate surface area is 66.2 Å². The van der Waals surface area contributed by atoms with Gasteiger partial charge < -0.3 is 4.79 Å². The topological polar surface area (TPSA) is 46.2 Å². The maximum Gasteiger partial charge on any atom is 0.162 e. The van der Waals surface area contributed by atoms with E-state index in [1.54, 1.807) is 7.05 Å². The molecule has 3 heteroatoms. The molecule has 0 aliphatic rings. The van der Waals surface area contributed by atoms with Gasteiger partial charge in [-0.1, -0.05) is 5.92 Å². The molecule has 0 heterocycles. The molecule has 0 rings (SSSR count). The highest BCUT2D eigenvalue weighted by Gasteiger charge is 2.30. The van der Waals surface area contributed by atoms with E-state index < -0.39 is 5.54 Å². The van der Waals surface area contributed by atoms with E-state index in [1.807, 2.05) is 0 Å². The average Bonchev–Trinajstić information content (AvgIpc) is 2.00. The highest BCUT2D eigenvalue weighted by molar-refractivity contribution is 5.92. The molecule has 1 atom stereocenters. The number of nitrogens with one attached hydrogen (secondary N) is 1. The van der Waals surface area contributed by atoms with Crippen LogP contribution in [0.1, 0.15) is 13.3 Å². The fourth-order valence-corrected chi connectivity index (χ4v) is 0.780. The summed E-state index contributed by atoms with van der Waals surface area (Å²) in [5, 5.41) is 2.65. The first-order valence-corrected chi connectivity index (χ1v) is 3.24. The molecule has 11 heavy (non-hydrogen) atoms. The molecule has 0 spiro atoms. The maximum absolute atomic E-state index is 11.0. The van der Waals surface area contributed by atoms with Crippen LogP contribution in [0.25, 0.3) is 0 Å². The average molecular weight is 153 g/mol. The number of carbonyl (C=O) groups excluding carboxylic acids is 2. The highest BCUT2D eigenvalue weighted by Crippen LogP contribution is 2.07. The molecule has 1 N–H and O–H groups in total. The molecular formula is C8H11NO2. The number of aldehydes is 1. The number of ketones is 1. The second kappa shape index (κ2) is 3.89. The zero-order chi connectivity index (χ0) is 8.91. The third-order valence-corrected chi connectivity index (χ3v) is 1.66. The lowest BCUT2D eigenvalue weighted by Crippen LogP contribution is -2.48. The van der Waals surface area contributed by atoms with Crippen LogP contribution in [-0.4, -0.2) is 24.7 Å². The first kappa shape index (κ1) is 9.86. The van der Waals surface area contributed by atoms with Crippen molar-refractivity contribution in [3.63, 3.8) is 0 Å². The fourth-order valence-electron chi connectivity index (χ4n) is 0.780. The SMILES string of the molecule is C#CC(CC=O)(NC)C(C)=O. The smallest absolute Gasteiger partial charge is 0.162 e. The lowest BCUT2D eigenvalue weighted by atomic mass is 9.93. The second-order valence-corrected chi connectivity index (χ2v) is 2.23. The normalized spacial score (nSPS) is 14.6. The molecule has 1 unspecified atom stereocenters. The van der Waals surface area contributed by atoms with Crippen LogP contribution in [0.4, 0.5) is 0 Å². The summed E-state index contributed by atoms with van der Waals surface area (Å²) in [6.45, 7) is 1.36. The highest BCUT2D eigenvalue weighted by atomic mass is 16.1. The Morgan fingerprint density at radius 3 is 2.45 bits per heavy atom. The van der Waals surface area contributed by atoms with E-state index >= 15 is 0 Å². The number of hydrogen-bond donors (Lipinski definition) is 1. The van der Waals surface area contributed by atoms with E-state index in [0.717, 1.165) is 0 Å². The van der Waals surface area contributed by atoms with Crippen molar-refractivity contribution in [1.29, 1.82) is 0 Å². The van der Waals surface area contributed by atoms with Crippen molar-refractivity contribution in [2.75, 3.05) is 7.05 Å². The van der Waals surface area contributed by atoms with Gasteiger partial charge in [-0.2, -0.15) is 0 Å². The van der Waals surface area contributed by atoms with Crippen molar-refractivity contribution in [2.24, 2.45) is 0 Å². The van der Waals surface area contributed by atoms with Gasteiger partial charge >= 0.3 is 0 Å². The summed E-state index contributed by atoms with van der Waals surface area (Å²) in [6, 6.07) is 0. The van der Waals surface area contributed by atoms with Gasteiger partial charge in [-0.15, -0.1) is 6.42 Å². The lowest BCUT2D eigenvalue weighted by Gasteiger charge is -2.21. The first-order chi connectivity index (χ1) is 5.13. The third-order valence-electron chi connectivity index (χ3n) is 1.66. The summed E-state index contributed by atoms with van der Waals surface area (Å²) in [5.74, 6) is 2.06. The third kappa shape index (κ3) is 1.89. The van der Waals surface area contributed by atoms with E-state index in [2.05, 4.69) is 11.2 Å². The van der Waals surface area contributed by atoms with Crippen molar-refractivity contribution < 1.29 is 9.59 Å². The van der Waals surface area contributed by atoms with Gasteiger partial charge in [0.2, 0.25) is 0 Å². The number of carbonyl (C=O) groups is 2. The van der Waals surface area contributed by atoms with E-state index in [0.29, 0.717) is 6.29 Å². The lowest BCUT2D eigenvalue weighted by molar-refractivity contribution is -0.123. The summed E-state index contributed by atoms with van der Waals surface area (Å²) in [4.78, 5) is 21.1. The van der Waals surface area contributed by atoms with Crippen LogP contribution < -0.4 is 5.32 Å². The van der Waals surface area contributed by atoms with Crippen molar-refractivity contribution >= 4 is 12.1 Å². The molecule has 0 aliphatic carbocycles. The minimum absolute atomic E-state index is 0.0231. The van der Waals surface area contributed by atoms with Crippen molar-refractivity contribution in [2.45, 2.75) is 18.9 Å². The van der Waals surface area contributed by atoms with Crippen molar-refractivity contribution in [3.05, 3.63) is 0 Å². The molecule has 0 saturated carbocycles. The van der Waals surface area contributed by atoms with Crippen LogP contribution >= 0.6 is 0 Å². The molecule has 0 aliphatic heterocycles.